The molecular formula is C44H74N2O34. The molecule has 21 N–H and O–H groups in total. The molecule has 2 amide bonds. The van der Waals surface area contributed by atoms with Crippen LogP contribution >= 0.6 is 0 Å². The number of hydrogen-bond acceptors (Lipinski definition) is 33. The number of aliphatic hydroxyl groups is 19. The molecule has 80 heavy (non-hydrogen) atoms. The zero-order valence-corrected chi connectivity index (χ0v) is 43.0. The van der Waals surface area contributed by atoms with Crippen molar-refractivity contribution < 1.29 is 169 Å². The van der Waals surface area contributed by atoms with E-state index in [-0.39, 0.29) is 0 Å². The van der Waals surface area contributed by atoms with E-state index in [9.17, 15) is 117 Å². The fraction of sp³-hybridized carbons (Fsp3) is 0.932. The smallest absolute Gasteiger partial charge is 0.367 e. The van der Waals surface area contributed by atoms with Crippen LogP contribution in [0.5, 0.6) is 0 Å². The van der Waals surface area contributed by atoms with Crippen LogP contribution in [0.3, 0.4) is 0 Å². The van der Waals surface area contributed by atoms with Crippen LogP contribution in [0.4, 0.5) is 0 Å². The molecule has 0 aromatic heterocycles. The molecule has 0 aromatic rings. The number of aliphatic carboxylic acids is 1. The Morgan fingerprint density at radius 1 is 0.575 bits per heavy atom. The Morgan fingerprint density at radius 2 is 1.10 bits per heavy atom. The van der Waals surface area contributed by atoms with Gasteiger partial charge in [0.2, 0.25) is 11.8 Å². The number of ether oxygens (including phenoxy) is 11. The van der Waals surface area contributed by atoms with Gasteiger partial charge in [-0.3, -0.25) is 9.59 Å². The standard InChI is InChI=1S/C44H74N2O34/c1-10-20(54)26(60)30(64)40(71-10)79-36-27(61)22(56)14(6-48)74-42(36)77-33-19(46(4)12(3)52)39(78-34-23(57)15(7-49)73-41(31(34)65)76-32-16(8-50)72-38(66)29(63)28(32)62)75-17(24(33)58)9-70-37-18(45-11(2)51)25(59)35(21(55)13(53)5-47)80-44(37,69)43(67)68/h10,13-42,47-50,53-66,69H,5-9H2,1-4H3,(H,45,51)(H,67,68). The Bertz CT molecular complexity index is 2020. The lowest BCUT2D eigenvalue weighted by molar-refractivity contribution is -0.395. The summed E-state index contributed by atoms with van der Waals surface area (Å²) in [4.78, 5) is 39.7. The number of aliphatic hydroxyl groups excluding tert-OH is 18. The van der Waals surface area contributed by atoms with Crippen molar-refractivity contribution in [3.05, 3.63) is 0 Å². The minimum Gasteiger partial charge on any atom is -0.477 e. The van der Waals surface area contributed by atoms with E-state index >= 15 is 0 Å². The van der Waals surface area contributed by atoms with Crippen molar-refractivity contribution in [2.75, 3.05) is 40.1 Å². The molecule has 36 heteroatoms. The summed E-state index contributed by atoms with van der Waals surface area (Å²) in [5, 5.41) is 218. The van der Waals surface area contributed by atoms with Crippen molar-refractivity contribution in [1.82, 2.24) is 10.2 Å². The Hall–Kier alpha value is -2.79. The van der Waals surface area contributed by atoms with Gasteiger partial charge in [0.1, 0.15) is 146 Å². The van der Waals surface area contributed by atoms with Gasteiger partial charge in [0.15, 0.2) is 31.5 Å². The molecule has 0 aliphatic carbocycles. The zero-order valence-electron chi connectivity index (χ0n) is 43.0. The lowest BCUT2D eigenvalue weighted by Gasteiger charge is -2.52. The minimum atomic E-state index is -3.75. The van der Waals surface area contributed by atoms with E-state index < -0.39 is 247 Å². The number of nitrogens with zero attached hydrogens (tertiary/aromatic N) is 1. The summed E-state index contributed by atoms with van der Waals surface area (Å²) < 4.78 is 63.3. The number of hydrogen-bond donors (Lipinski definition) is 21. The number of carboxylic acid groups (broad SMARTS) is 1. The normalized spacial score (nSPS) is 48.2. The van der Waals surface area contributed by atoms with Crippen LogP contribution in [-0.4, -0.2) is 361 Å². The Balaban J connectivity index is 1.44. The molecule has 6 aliphatic rings. The molecule has 0 saturated carbocycles. The van der Waals surface area contributed by atoms with Gasteiger partial charge in [-0.2, -0.15) is 0 Å². The SMILES string of the molecule is CC(=O)NC1C(O)C(C(O)C(O)CO)OC(O)(C(=O)O)C1OCC1OC(OC2C(O)C(CO)OC(OC3C(CO)OC(O)C(O)C3O)C2O)C(N(C)C(C)=O)C(OC2OC(CO)C(O)C(O)C2OC2OC(C)C(O)C(O)C2O)C1O. The van der Waals surface area contributed by atoms with Gasteiger partial charge in [0.05, 0.1) is 45.2 Å². The quantitative estimate of drug-likeness (QED) is 0.0538. The van der Waals surface area contributed by atoms with Crippen molar-refractivity contribution in [2.24, 2.45) is 0 Å². The van der Waals surface area contributed by atoms with E-state index in [4.69, 9.17) is 52.1 Å². The third kappa shape index (κ3) is 13.5. The first-order valence-corrected chi connectivity index (χ1v) is 25.1. The highest BCUT2D eigenvalue weighted by Crippen LogP contribution is 2.39. The van der Waals surface area contributed by atoms with Gasteiger partial charge < -0.3 is 164 Å². The summed E-state index contributed by atoms with van der Waals surface area (Å²) in [6.45, 7) is -2.55. The van der Waals surface area contributed by atoms with Gasteiger partial charge >= 0.3 is 5.97 Å². The third-order valence-electron chi connectivity index (χ3n) is 14.8. The van der Waals surface area contributed by atoms with E-state index in [1.165, 1.54) is 6.92 Å². The molecule has 0 aromatic carbocycles. The lowest BCUT2D eigenvalue weighted by atomic mass is 9.86. The molecular weight excluding hydrogens is 1100 g/mol. The van der Waals surface area contributed by atoms with Crippen LogP contribution in [0.1, 0.15) is 20.8 Å². The first kappa shape index (κ1) is 66.4. The molecule has 6 aliphatic heterocycles. The predicted molar refractivity (Wildman–Crippen MR) is 244 cm³/mol. The van der Waals surface area contributed by atoms with E-state index in [0.29, 0.717) is 0 Å². The maximum atomic E-state index is 13.5. The van der Waals surface area contributed by atoms with Gasteiger partial charge in [-0.05, 0) is 6.92 Å². The third-order valence-corrected chi connectivity index (χ3v) is 14.8. The highest BCUT2D eigenvalue weighted by Gasteiger charge is 2.63. The number of rotatable bonds is 20. The molecule has 6 rings (SSSR count). The molecule has 6 heterocycles. The van der Waals surface area contributed by atoms with E-state index in [1.807, 2.05) is 0 Å². The van der Waals surface area contributed by atoms with Gasteiger partial charge in [-0.15, -0.1) is 0 Å². The fourth-order valence-electron chi connectivity index (χ4n) is 10.1. The predicted octanol–water partition coefficient (Wildman–Crippen LogP) is -14.3. The highest BCUT2D eigenvalue weighted by molar-refractivity contribution is 5.78. The van der Waals surface area contributed by atoms with E-state index in [2.05, 4.69) is 5.32 Å². The maximum Gasteiger partial charge on any atom is 0.367 e. The molecule has 6 fully saturated rings. The Labute approximate surface area is 452 Å². The molecule has 0 bridgehead atoms. The van der Waals surface area contributed by atoms with Crippen LogP contribution in [0, 0.1) is 0 Å². The van der Waals surface area contributed by atoms with Crippen LogP contribution in [-0.2, 0) is 66.5 Å². The average Bonchev–Trinajstić information content (AvgIpc) is 3.45. The number of carbonyl (C=O) groups is 3. The molecule has 464 valence electrons. The van der Waals surface area contributed by atoms with Crippen LogP contribution in [0.15, 0.2) is 0 Å². The van der Waals surface area contributed by atoms with Gasteiger partial charge in [0, 0.05) is 20.9 Å². The number of carbonyl (C=O) groups excluding carboxylic acids is 2. The topological polar surface area (TPSA) is 573 Å². The van der Waals surface area contributed by atoms with E-state index in [0.717, 1.165) is 25.8 Å². The summed E-state index contributed by atoms with van der Waals surface area (Å²) in [6.07, 6.45) is -60.5. The molecule has 0 radical (unpaired) electrons. The zero-order chi connectivity index (χ0) is 59.7. The number of carboxylic acids is 1. The van der Waals surface area contributed by atoms with Crippen molar-refractivity contribution in [3.8, 4) is 0 Å². The summed E-state index contributed by atoms with van der Waals surface area (Å²) in [5.41, 5.74) is 0. The second kappa shape index (κ2) is 27.5. The van der Waals surface area contributed by atoms with Gasteiger partial charge in [-0.25, -0.2) is 4.79 Å². The van der Waals surface area contributed by atoms with Crippen molar-refractivity contribution in [3.63, 3.8) is 0 Å². The first-order chi connectivity index (χ1) is 37.5. The molecule has 32 atom stereocenters. The van der Waals surface area contributed by atoms with Crippen LogP contribution in [0.2, 0.25) is 0 Å². The number of amides is 2. The monoisotopic (exact) mass is 1170 g/mol. The van der Waals surface area contributed by atoms with Gasteiger partial charge in [-0.1, -0.05) is 0 Å². The highest BCUT2D eigenvalue weighted by atomic mass is 16.8. The number of nitrogens with one attached hydrogen (secondary N) is 1. The Kier molecular flexibility index (Phi) is 22.8. The average molecular weight is 1180 g/mol. The fourth-order valence-corrected chi connectivity index (χ4v) is 10.1. The van der Waals surface area contributed by atoms with Gasteiger partial charge in [0.25, 0.3) is 5.79 Å². The summed E-state index contributed by atoms with van der Waals surface area (Å²) >= 11 is 0. The van der Waals surface area contributed by atoms with E-state index in [1.54, 1.807) is 0 Å². The lowest BCUT2D eigenvalue weighted by Crippen LogP contribution is -2.74. The van der Waals surface area contributed by atoms with Crippen LogP contribution < -0.4 is 5.32 Å². The first-order valence-electron chi connectivity index (χ1n) is 25.1. The second-order valence-corrected chi connectivity index (χ2v) is 20.2. The summed E-state index contributed by atoms with van der Waals surface area (Å²) in [7, 11) is 1.06. The molecule has 36 nitrogen and oxygen atoms in total. The largest absolute Gasteiger partial charge is 0.477 e. The molecule has 6 saturated heterocycles. The van der Waals surface area contributed by atoms with Crippen molar-refractivity contribution >= 4 is 17.8 Å². The summed E-state index contributed by atoms with van der Waals surface area (Å²) in [5.74, 6) is -8.02. The van der Waals surface area contributed by atoms with Crippen molar-refractivity contribution in [2.45, 2.75) is 217 Å². The molecule has 32 unspecified atom stereocenters. The minimum absolute atomic E-state index is 0.772. The second-order valence-electron chi connectivity index (χ2n) is 20.2. The maximum absolute atomic E-state index is 13.5. The number of likely N-dealkylation sites (N-methyl/N-ethyl adjacent to an activating group) is 1. The molecule has 0 spiro atoms. The van der Waals surface area contributed by atoms with Crippen LogP contribution in [0.25, 0.3) is 0 Å². The Morgan fingerprint density at radius 3 is 1.68 bits per heavy atom. The van der Waals surface area contributed by atoms with Crippen molar-refractivity contribution in [1.29, 1.82) is 0 Å². The summed E-state index contributed by atoms with van der Waals surface area (Å²) in [6, 6.07) is -4.14.